The summed E-state index contributed by atoms with van der Waals surface area (Å²) >= 11 is 0. The first kappa shape index (κ1) is 19.2. The van der Waals surface area contributed by atoms with Gasteiger partial charge in [0.1, 0.15) is 0 Å². The number of benzene rings is 1. The number of fused-ring (bicyclic) bond motifs is 1. The Hall–Kier alpha value is -2.57. The van der Waals surface area contributed by atoms with Crippen LogP contribution in [0, 0.1) is 11.3 Å². The van der Waals surface area contributed by atoms with Crippen LogP contribution in [0.2, 0.25) is 0 Å². The number of carbonyl (C=O) groups excluding carboxylic acids is 2. The number of nitrogens with one attached hydrogen (secondary N) is 1. The van der Waals surface area contributed by atoms with Gasteiger partial charge in [-0.3, -0.25) is 9.59 Å². The largest absolute Gasteiger partial charge is 0.481 e. The van der Waals surface area contributed by atoms with Crippen molar-refractivity contribution in [2.24, 2.45) is 11.3 Å². The van der Waals surface area contributed by atoms with Gasteiger partial charge in [0, 0.05) is 37.4 Å². The average Bonchev–Trinajstić information content (AvgIpc) is 3.22. The molecule has 1 aromatic carbocycles. The molecule has 27 heavy (non-hydrogen) atoms. The molecular formula is C20H27N3O4. The van der Waals surface area contributed by atoms with Gasteiger partial charge in [-0.2, -0.15) is 0 Å². The highest BCUT2D eigenvalue weighted by Gasteiger charge is 2.55. The fraction of sp³-hybridized carbons (Fsp3) is 0.550. The monoisotopic (exact) mass is 373 g/mol. The number of anilines is 1. The molecule has 2 fully saturated rings. The predicted molar refractivity (Wildman–Crippen MR) is 102 cm³/mol. The molecule has 0 bridgehead atoms. The highest BCUT2D eigenvalue weighted by Crippen LogP contribution is 2.48. The lowest BCUT2D eigenvalue weighted by Crippen LogP contribution is -2.38. The molecule has 7 nitrogen and oxygen atoms in total. The third-order valence-electron chi connectivity index (χ3n) is 6.02. The zero-order chi connectivity index (χ0) is 19.6. The Kier molecular flexibility index (Phi) is 5.39. The first-order valence-corrected chi connectivity index (χ1v) is 9.60. The van der Waals surface area contributed by atoms with Crippen molar-refractivity contribution >= 4 is 23.6 Å². The number of carbonyl (C=O) groups is 3. The fourth-order valence-electron chi connectivity index (χ4n) is 4.39. The van der Waals surface area contributed by atoms with Crippen molar-refractivity contribution in [3.8, 4) is 0 Å². The van der Waals surface area contributed by atoms with E-state index in [1.54, 1.807) is 34.1 Å². The third-order valence-corrected chi connectivity index (χ3v) is 6.02. The number of likely N-dealkylation sites (tertiary alicyclic amines) is 1. The van der Waals surface area contributed by atoms with Crippen molar-refractivity contribution in [3.63, 3.8) is 0 Å². The number of amides is 3. The molecule has 1 saturated carbocycles. The van der Waals surface area contributed by atoms with Crippen LogP contribution < -0.4 is 5.32 Å². The van der Waals surface area contributed by atoms with E-state index in [2.05, 4.69) is 5.32 Å². The molecule has 0 radical (unpaired) electrons. The second kappa shape index (κ2) is 7.58. The van der Waals surface area contributed by atoms with Gasteiger partial charge in [-0.15, -0.1) is 0 Å². The van der Waals surface area contributed by atoms with E-state index in [-0.39, 0.29) is 24.4 Å². The zero-order valence-electron chi connectivity index (χ0n) is 15.9. The Balaban J connectivity index is 1.64. The summed E-state index contributed by atoms with van der Waals surface area (Å²) in [6.07, 6.45) is 2.41. The van der Waals surface area contributed by atoms with Gasteiger partial charge in [-0.05, 0) is 56.9 Å². The van der Waals surface area contributed by atoms with Crippen molar-refractivity contribution in [2.75, 3.05) is 31.5 Å². The van der Waals surface area contributed by atoms with Gasteiger partial charge in [0.05, 0.1) is 5.41 Å². The Morgan fingerprint density at radius 3 is 2.44 bits per heavy atom. The van der Waals surface area contributed by atoms with Crippen LogP contribution in [-0.2, 0) is 4.79 Å². The van der Waals surface area contributed by atoms with Crippen molar-refractivity contribution in [1.29, 1.82) is 0 Å². The van der Waals surface area contributed by atoms with Crippen molar-refractivity contribution in [3.05, 3.63) is 29.8 Å². The Bertz CT molecular complexity index is 729. The molecule has 2 aliphatic rings. The smallest absolute Gasteiger partial charge is 0.321 e. The molecule has 1 aliphatic heterocycles. The van der Waals surface area contributed by atoms with E-state index in [1.807, 2.05) is 13.8 Å². The number of rotatable bonds is 5. The van der Waals surface area contributed by atoms with Gasteiger partial charge < -0.3 is 20.2 Å². The summed E-state index contributed by atoms with van der Waals surface area (Å²) in [4.78, 5) is 40.0. The number of urea groups is 1. The molecule has 3 rings (SSSR count). The standard InChI is InChI=1S/C20H27N3O4/c1-3-22(4-2)17(24)14-7-9-16(10-8-14)21-19(27)23-12-15-6-5-11-20(15,13-23)18(25)26/h7-10,15H,3-6,11-13H2,1-2H3,(H,21,27)(H,25,26)/t15-,20+/m0/s1. The summed E-state index contributed by atoms with van der Waals surface area (Å²) in [5.41, 5.74) is 0.395. The quantitative estimate of drug-likeness (QED) is 0.830. The molecule has 1 aromatic rings. The maximum atomic E-state index is 12.6. The van der Waals surface area contributed by atoms with Crippen molar-refractivity contribution < 1.29 is 19.5 Å². The molecule has 2 N–H and O–H groups in total. The van der Waals surface area contributed by atoms with Gasteiger partial charge in [0.2, 0.25) is 0 Å². The summed E-state index contributed by atoms with van der Waals surface area (Å²) in [6, 6.07) is 6.53. The lowest BCUT2D eigenvalue weighted by Gasteiger charge is -2.23. The van der Waals surface area contributed by atoms with Gasteiger partial charge in [-0.1, -0.05) is 6.42 Å². The fourth-order valence-corrected chi connectivity index (χ4v) is 4.39. The van der Waals surface area contributed by atoms with E-state index in [0.29, 0.717) is 37.3 Å². The summed E-state index contributed by atoms with van der Waals surface area (Å²) in [6.45, 7) is 5.91. The van der Waals surface area contributed by atoms with Gasteiger partial charge in [0.15, 0.2) is 0 Å². The van der Waals surface area contributed by atoms with E-state index >= 15 is 0 Å². The van der Waals surface area contributed by atoms with Crippen molar-refractivity contribution in [1.82, 2.24) is 9.80 Å². The van der Waals surface area contributed by atoms with Gasteiger partial charge in [-0.25, -0.2) is 4.79 Å². The van der Waals surface area contributed by atoms with E-state index in [4.69, 9.17) is 0 Å². The average molecular weight is 373 g/mol. The maximum Gasteiger partial charge on any atom is 0.321 e. The molecule has 0 aromatic heterocycles. The van der Waals surface area contributed by atoms with Crippen LogP contribution >= 0.6 is 0 Å². The third kappa shape index (κ3) is 3.50. The lowest BCUT2D eigenvalue weighted by atomic mass is 9.81. The van der Waals surface area contributed by atoms with Gasteiger partial charge >= 0.3 is 12.0 Å². The minimum atomic E-state index is -0.792. The molecule has 0 unspecified atom stereocenters. The minimum Gasteiger partial charge on any atom is -0.481 e. The van der Waals surface area contributed by atoms with Crippen LogP contribution in [0.25, 0.3) is 0 Å². The Morgan fingerprint density at radius 1 is 1.22 bits per heavy atom. The number of nitrogens with zero attached hydrogens (tertiary/aromatic N) is 2. The van der Waals surface area contributed by atoms with E-state index < -0.39 is 11.4 Å². The van der Waals surface area contributed by atoms with Crippen LogP contribution in [0.15, 0.2) is 24.3 Å². The molecule has 1 aliphatic carbocycles. The van der Waals surface area contributed by atoms with Gasteiger partial charge in [0.25, 0.3) is 5.91 Å². The number of hydrogen-bond donors (Lipinski definition) is 2. The van der Waals surface area contributed by atoms with E-state index in [9.17, 15) is 19.5 Å². The second-order valence-electron chi connectivity index (χ2n) is 7.42. The van der Waals surface area contributed by atoms with Crippen LogP contribution in [0.5, 0.6) is 0 Å². The number of aliphatic carboxylic acids is 1. The first-order chi connectivity index (χ1) is 12.9. The van der Waals surface area contributed by atoms with Crippen molar-refractivity contribution in [2.45, 2.75) is 33.1 Å². The van der Waals surface area contributed by atoms with Crippen LogP contribution in [0.1, 0.15) is 43.5 Å². The summed E-state index contributed by atoms with van der Waals surface area (Å²) in [7, 11) is 0. The molecule has 1 heterocycles. The van der Waals surface area contributed by atoms with E-state index in [0.717, 1.165) is 12.8 Å². The normalized spacial score (nSPS) is 23.8. The number of carboxylic acids is 1. The molecule has 0 spiro atoms. The lowest BCUT2D eigenvalue weighted by molar-refractivity contribution is -0.149. The molecular weight excluding hydrogens is 346 g/mol. The first-order valence-electron chi connectivity index (χ1n) is 9.60. The second-order valence-corrected chi connectivity index (χ2v) is 7.42. The van der Waals surface area contributed by atoms with E-state index in [1.165, 1.54) is 0 Å². The van der Waals surface area contributed by atoms with Crippen LogP contribution in [0.3, 0.4) is 0 Å². The number of carboxylic acid groups (broad SMARTS) is 1. The summed E-state index contributed by atoms with van der Waals surface area (Å²) in [5.74, 6) is -0.789. The Labute approximate surface area is 159 Å². The molecule has 1 saturated heterocycles. The topological polar surface area (TPSA) is 90.0 Å². The summed E-state index contributed by atoms with van der Waals surface area (Å²) in [5, 5.41) is 12.5. The molecule has 146 valence electrons. The molecule has 2 atom stereocenters. The number of hydrogen-bond acceptors (Lipinski definition) is 3. The molecule has 7 heteroatoms. The highest BCUT2D eigenvalue weighted by molar-refractivity contribution is 5.95. The Morgan fingerprint density at radius 2 is 1.89 bits per heavy atom. The highest BCUT2D eigenvalue weighted by atomic mass is 16.4. The predicted octanol–water partition coefficient (Wildman–Crippen LogP) is 2.89. The minimum absolute atomic E-state index is 0.0337. The zero-order valence-corrected chi connectivity index (χ0v) is 15.9. The molecule has 3 amide bonds. The van der Waals surface area contributed by atoms with Crippen LogP contribution in [-0.4, -0.2) is 59.0 Å². The summed E-state index contributed by atoms with van der Waals surface area (Å²) < 4.78 is 0. The SMILES string of the molecule is CCN(CC)C(=O)c1ccc(NC(=O)N2C[C@@H]3CCC[C@@]3(C(=O)O)C2)cc1. The van der Waals surface area contributed by atoms with Crippen LogP contribution in [0.4, 0.5) is 10.5 Å². The maximum absolute atomic E-state index is 12.6.